The lowest BCUT2D eigenvalue weighted by atomic mass is 9.99. The highest BCUT2D eigenvalue weighted by molar-refractivity contribution is 7.10. The molecule has 33 heavy (non-hydrogen) atoms. The smallest absolute Gasteiger partial charge is 0.295 e. The third-order valence-corrected chi connectivity index (χ3v) is 6.80. The number of carbonyl (C=O) groups is 2. The Morgan fingerprint density at radius 2 is 1.79 bits per heavy atom. The maximum atomic E-state index is 13.1. The number of aliphatic hydroxyl groups excluding tert-OH is 1. The summed E-state index contributed by atoms with van der Waals surface area (Å²) in [4.78, 5) is 28.4. The van der Waals surface area contributed by atoms with Crippen molar-refractivity contribution in [3.8, 4) is 11.5 Å². The maximum Gasteiger partial charge on any atom is 0.295 e. The fraction of sp³-hybridized carbons (Fsp3) is 0.167. The van der Waals surface area contributed by atoms with Crippen LogP contribution in [0.15, 0.2) is 59.5 Å². The quantitative estimate of drug-likeness (QED) is 0.265. The van der Waals surface area contributed by atoms with Crippen molar-refractivity contribution < 1.29 is 24.2 Å². The fourth-order valence-corrected chi connectivity index (χ4v) is 5.29. The van der Waals surface area contributed by atoms with Gasteiger partial charge in [-0.2, -0.15) is 0 Å². The number of ketones is 1. The number of hydrogen-bond donors (Lipinski definition) is 1. The van der Waals surface area contributed by atoms with Crippen molar-refractivity contribution in [2.75, 3.05) is 14.2 Å². The Bertz CT molecular complexity index is 1230. The monoisotopic (exact) mass is 503 g/mol. The summed E-state index contributed by atoms with van der Waals surface area (Å²) < 4.78 is 10.4. The number of nitrogens with zero attached hydrogens (tertiary/aromatic N) is 1. The number of thiophene rings is 1. The first-order valence-electron chi connectivity index (χ1n) is 9.83. The predicted octanol–water partition coefficient (Wildman–Crippen LogP) is 5.69. The fourth-order valence-electron chi connectivity index (χ4n) is 3.80. The molecule has 6 nitrogen and oxygen atoms in total. The number of likely N-dealkylation sites (tertiary alicyclic amines) is 1. The molecule has 0 radical (unpaired) electrons. The number of methoxy groups -OCH3 is 2. The van der Waals surface area contributed by atoms with Crippen LogP contribution in [-0.2, 0) is 16.1 Å². The van der Waals surface area contributed by atoms with Gasteiger partial charge in [0.2, 0.25) is 0 Å². The second-order valence-corrected chi connectivity index (χ2v) is 9.06. The molecule has 2 aromatic carbocycles. The van der Waals surface area contributed by atoms with Crippen LogP contribution in [0.25, 0.3) is 5.76 Å². The molecule has 1 fully saturated rings. The van der Waals surface area contributed by atoms with E-state index < -0.39 is 17.7 Å². The summed E-state index contributed by atoms with van der Waals surface area (Å²) in [5.41, 5.74) is 0.975. The zero-order valence-corrected chi connectivity index (χ0v) is 20.0. The molecule has 2 heterocycles. The van der Waals surface area contributed by atoms with E-state index in [4.69, 9.17) is 32.7 Å². The highest BCUT2D eigenvalue weighted by Gasteiger charge is 2.46. The van der Waals surface area contributed by atoms with E-state index in [2.05, 4.69) is 0 Å². The second-order valence-electron chi connectivity index (χ2n) is 7.27. The summed E-state index contributed by atoms with van der Waals surface area (Å²) in [5, 5.41) is 13.4. The third-order valence-electron chi connectivity index (χ3n) is 5.32. The zero-order valence-electron chi connectivity index (χ0n) is 17.7. The summed E-state index contributed by atoms with van der Waals surface area (Å²) in [5.74, 6) is -0.950. The average molecular weight is 504 g/mol. The van der Waals surface area contributed by atoms with E-state index in [1.54, 1.807) is 19.2 Å². The molecule has 0 spiro atoms. The number of Topliss-reactive ketones (excluding diaryl/α,β-unsaturated/α-hetero) is 1. The van der Waals surface area contributed by atoms with Crippen LogP contribution in [0.4, 0.5) is 0 Å². The molecule has 3 aromatic rings. The normalized spacial score (nSPS) is 17.5. The molecule has 170 valence electrons. The van der Waals surface area contributed by atoms with Crippen molar-refractivity contribution in [3.05, 3.63) is 85.5 Å². The van der Waals surface area contributed by atoms with Gasteiger partial charge in [-0.05, 0) is 41.3 Å². The van der Waals surface area contributed by atoms with Crippen molar-refractivity contribution in [1.82, 2.24) is 4.90 Å². The van der Waals surface area contributed by atoms with Crippen molar-refractivity contribution in [2.45, 2.75) is 12.6 Å². The van der Waals surface area contributed by atoms with E-state index in [1.165, 1.54) is 35.5 Å². The first-order valence-corrected chi connectivity index (χ1v) is 11.5. The maximum absolute atomic E-state index is 13.1. The molecule has 1 aromatic heterocycles. The van der Waals surface area contributed by atoms with Gasteiger partial charge in [-0.3, -0.25) is 9.59 Å². The summed E-state index contributed by atoms with van der Waals surface area (Å²) in [6.45, 7) is 0.158. The molecule has 1 saturated heterocycles. The molecule has 0 aliphatic carbocycles. The zero-order chi connectivity index (χ0) is 23.7. The molecule has 1 unspecified atom stereocenters. The minimum atomic E-state index is -0.781. The second kappa shape index (κ2) is 9.47. The van der Waals surface area contributed by atoms with E-state index in [0.29, 0.717) is 5.75 Å². The van der Waals surface area contributed by atoms with E-state index in [0.717, 1.165) is 10.4 Å². The lowest BCUT2D eigenvalue weighted by Gasteiger charge is -2.24. The molecule has 9 heteroatoms. The Kier molecular flexibility index (Phi) is 6.65. The van der Waals surface area contributed by atoms with Gasteiger partial charge in [0.25, 0.3) is 11.7 Å². The number of hydrogen-bond acceptors (Lipinski definition) is 6. The van der Waals surface area contributed by atoms with Gasteiger partial charge in [0, 0.05) is 17.0 Å². The predicted molar refractivity (Wildman–Crippen MR) is 128 cm³/mol. The molecule has 4 rings (SSSR count). The lowest BCUT2D eigenvalue weighted by Crippen LogP contribution is -2.28. The molecular weight excluding hydrogens is 485 g/mol. The van der Waals surface area contributed by atoms with Gasteiger partial charge in [-0.15, -0.1) is 11.3 Å². The number of aliphatic hydroxyl groups is 1. The van der Waals surface area contributed by atoms with Gasteiger partial charge in [0.15, 0.2) is 5.75 Å². The Labute approximate surface area is 204 Å². The lowest BCUT2D eigenvalue weighted by molar-refractivity contribution is -0.140. The average Bonchev–Trinajstić information content (AvgIpc) is 3.41. The van der Waals surface area contributed by atoms with Crippen molar-refractivity contribution in [3.63, 3.8) is 0 Å². The van der Waals surface area contributed by atoms with Crippen LogP contribution in [0.3, 0.4) is 0 Å². The van der Waals surface area contributed by atoms with E-state index >= 15 is 0 Å². The van der Waals surface area contributed by atoms with Gasteiger partial charge in [0.1, 0.15) is 11.5 Å². The first-order chi connectivity index (χ1) is 15.8. The number of halogens is 2. The van der Waals surface area contributed by atoms with E-state index in [1.807, 2.05) is 29.6 Å². The van der Waals surface area contributed by atoms with Crippen LogP contribution in [0.2, 0.25) is 10.0 Å². The molecule has 1 atom stereocenters. The summed E-state index contributed by atoms with van der Waals surface area (Å²) >= 11 is 13.9. The minimum absolute atomic E-state index is 0.0253. The van der Waals surface area contributed by atoms with Crippen molar-refractivity contribution in [1.29, 1.82) is 0 Å². The number of rotatable bonds is 6. The standard InChI is InChI=1S/C24H19Cl2NO5S/c1-31-15-6-3-5-13(9-15)12-27-20(18-7-4-8-33-18)19(22(29)24(27)30)21(28)14-10-16(25)23(32-2)17(26)11-14/h3-11,20,28H,12H2,1-2H3/b21-19-. The van der Waals surface area contributed by atoms with Gasteiger partial charge < -0.3 is 19.5 Å². The van der Waals surface area contributed by atoms with E-state index in [-0.39, 0.29) is 39.2 Å². The number of benzene rings is 2. The number of carbonyl (C=O) groups excluding carboxylic acids is 2. The molecule has 1 aliphatic heterocycles. The molecule has 0 bridgehead atoms. The third kappa shape index (κ3) is 4.31. The summed E-state index contributed by atoms with van der Waals surface area (Å²) in [7, 11) is 2.98. The Morgan fingerprint density at radius 1 is 1.06 bits per heavy atom. The van der Waals surface area contributed by atoms with E-state index in [9.17, 15) is 14.7 Å². The van der Waals surface area contributed by atoms with Crippen LogP contribution < -0.4 is 9.47 Å². The van der Waals surface area contributed by atoms with Crippen LogP contribution in [-0.4, -0.2) is 35.9 Å². The summed E-state index contributed by atoms with van der Waals surface area (Å²) in [6, 6.07) is 13.0. The van der Waals surface area contributed by atoms with Gasteiger partial charge >= 0.3 is 0 Å². The van der Waals surface area contributed by atoms with Gasteiger partial charge in [-0.25, -0.2) is 0 Å². The SMILES string of the molecule is COc1cccc(CN2C(=O)C(=O)/C(=C(\O)c3cc(Cl)c(OC)c(Cl)c3)C2c2cccs2)c1. The Morgan fingerprint density at radius 3 is 2.39 bits per heavy atom. The van der Waals surface area contributed by atoms with Crippen molar-refractivity contribution >= 4 is 52.0 Å². The van der Waals surface area contributed by atoms with Crippen molar-refractivity contribution in [2.24, 2.45) is 0 Å². The van der Waals surface area contributed by atoms with Gasteiger partial charge in [-0.1, -0.05) is 41.4 Å². The highest BCUT2D eigenvalue weighted by atomic mass is 35.5. The molecule has 1 aliphatic rings. The minimum Gasteiger partial charge on any atom is -0.507 e. The first kappa shape index (κ1) is 23.2. The number of ether oxygens (including phenoxy) is 2. The highest BCUT2D eigenvalue weighted by Crippen LogP contribution is 2.43. The molecule has 1 amide bonds. The molecule has 0 saturated carbocycles. The Hall–Kier alpha value is -3.00. The van der Waals surface area contributed by atoms with Crippen LogP contribution in [0.5, 0.6) is 11.5 Å². The Balaban J connectivity index is 1.83. The molecular formula is C24H19Cl2NO5S. The largest absolute Gasteiger partial charge is 0.507 e. The topological polar surface area (TPSA) is 76.1 Å². The van der Waals surface area contributed by atoms with Crippen LogP contribution in [0.1, 0.15) is 22.0 Å². The summed E-state index contributed by atoms with van der Waals surface area (Å²) in [6.07, 6.45) is 0. The van der Waals surface area contributed by atoms with Gasteiger partial charge in [0.05, 0.1) is 35.9 Å². The molecule has 1 N–H and O–H groups in total. The number of amides is 1. The van der Waals surface area contributed by atoms with Crippen LogP contribution >= 0.6 is 34.5 Å². The van der Waals surface area contributed by atoms with Crippen LogP contribution in [0, 0.1) is 0 Å².